The number of amides is 1. The maximum Gasteiger partial charge on any atom is 0.220 e. The highest BCUT2D eigenvalue weighted by molar-refractivity contribution is 8.77. The number of hydrogen-bond donors (Lipinski definition) is 2. The van der Waals surface area contributed by atoms with Gasteiger partial charge in [0.1, 0.15) is 5.60 Å². The zero-order valence-corrected chi connectivity index (χ0v) is 14.1. The summed E-state index contributed by atoms with van der Waals surface area (Å²) in [5, 5.41) is 14.1. The third kappa shape index (κ3) is 4.69. The van der Waals surface area contributed by atoms with E-state index in [9.17, 15) is 9.90 Å². The summed E-state index contributed by atoms with van der Waals surface area (Å²) in [6.07, 6.45) is 1.35. The highest BCUT2D eigenvalue weighted by Gasteiger charge is 2.61. The first-order valence-electron chi connectivity index (χ1n) is 6.86. The van der Waals surface area contributed by atoms with Crippen molar-refractivity contribution in [2.45, 2.75) is 45.3 Å². The maximum absolute atomic E-state index is 11.8. The van der Waals surface area contributed by atoms with Crippen LogP contribution in [0.4, 0.5) is 0 Å². The van der Waals surface area contributed by atoms with E-state index in [4.69, 9.17) is 4.74 Å². The second-order valence-electron chi connectivity index (χ2n) is 5.67. The Balaban J connectivity index is 2.33. The molecule has 1 heterocycles. The Morgan fingerprint density at radius 2 is 2.30 bits per heavy atom. The summed E-state index contributed by atoms with van der Waals surface area (Å²) in [4.78, 5) is 11.8. The van der Waals surface area contributed by atoms with Gasteiger partial charge >= 0.3 is 0 Å². The lowest BCUT2D eigenvalue weighted by atomic mass is 9.82. The molecule has 2 N–H and O–H groups in total. The quantitative estimate of drug-likeness (QED) is 0.368. The van der Waals surface area contributed by atoms with E-state index < -0.39 is 0 Å². The lowest BCUT2D eigenvalue weighted by Gasteiger charge is -2.22. The Hall–Kier alpha value is -0.170. The maximum atomic E-state index is 11.8. The number of carbonyl (C=O) groups excluding carboxylic acids is 1. The summed E-state index contributed by atoms with van der Waals surface area (Å²) in [5.74, 6) is 0.819. The number of ether oxygens (including phenoxy) is 1. The SMILES string of the molecule is C=CSSCCC(=O)NCC1(CC)OC1C(C)(C)CO. The molecule has 0 aromatic carbocycles. The first-order valence-corrected chi connectivity index (χ1v) is 9.24. The first kappa shape index (κ1) is 17.9. The normalized spacial score (nSPS) is 25.3. The predicted octanol–water partition coefficient (Wildman–Crippen LogP) is 2.58. The van der Waals surface area contributed by atoms with E-state index in [0.29, 0.717) is 13.0 Å². The molecule has 1 rings (SSSR count). The van der Waals surface area contributed by atoms with Gasteiger partial charge in [0, 0.05) is 24.1 Å². The first-order chi connectivity index (χ1) is 9.41. The van der Waals surface area contributed by atoms with Crippen LogP contribution in [0.5, 0.6) is 0 Å². The van der Waals surface area contributed by atoms with E-state index in [2.05, 4.69) is 18.8 Å². The van der Waals surface area contributed by atoms with Gasteiger partial charge in [0.05, 0.1) is 12.7 Å². The van der Waals surface area contributed by atoms with Gasteiger partial charge in [-0.3, -0.25) is 4.79 Å². The molecule has 0 aromatic heterocycles. The van der Waals surface area contributed by atoms with E-state index >= 15 is 0 Å². The van der Waals surface area contributed by atoms with E-state index in [1.54, 1.807) is 27.0 Å². The van der Waals surface area contributed by atoms with Crippen molar-refractivity contribution in [3.63, 3.8) is 0 Å². The van der Waals surface area contributed by atoms with E-state index in [-0.39, 0.29) is 29.6 Å². The molecular formula is C14H25NO3S2. The Bertz CT molecular complexity index is 349. The molecule has 6 heteroatoms. The molecule has 1 saturated heterocycles. The van der Waals surface area contributed by atoms with Gasteiger partial charge in [0.25, 0.3) is 0 Å². The summed E-state index contributed by atoms with van der Waals surface area (Å²) in [5.41, 5.74) is -0.567. The average molecular weight is 319 g/mol. The van der Waals surface area contributed by atoms with Crippen LogP contribution in [0.25, 0.3) is 0 Å². The van der Waals surface area contributed by atoms with Gasteiger partial charge in [-0.2, -0.15) is 0 Å². The zero-order chi connectivity index (χ0) is 15.2. The third-order valence-electron chi connectivity index (χ3n) is 3.62. The van der Waals surface area contributed by atoms with Crippen LogP contribution < -0.4 is 5.32 Å². The fraction of sp³-hybridized carbons (Fsp3) is 0.786. The molecule has 1 amide bonds. The monoisotopic (exact) mass is 319 g/mol. The number of hydrogen-bond acceptors (Lipinski definition) is 5. The van der Waals surface area contributed by atoms with Crippen molar-refractivity contribution in [3.05, 3.63) is 12.0 Å². The predicted molar refractivity (Wildman–Crippen MR) is 86.6 cm³/mol. The molecule has 4 nitrogen and oxygen atoms in total. The number of aliphatic hydroxyl groups is 1. The molecule has 0 aliphatic carbocycles. The zero-order valence-electron chi connectivity index (χ0n) is 12.5. The summed E-state index contributed by atoms with van der Waals surface area (Å²) >= 11 is 0. The smallest absolute Gasteiger partial charge is 0.220 e. The topological polar surface area (TPSA) is 61.9 Å². The fourth-order valence-electron chi connectivity index (χ4n) is 2.25. The highest BCUT2D eigenvalue weighted by atomic mass is 33.1. The summed E-state index contributed by atoms with van der Waals surface area (Å²) in [7, 11) is 3.16. The van der Waals surface area contributed by atoms with Gasteiger partial charge in [-0.05, 0) is 11.8 Å². The van der Waals surface area contributed by atoms with Crippen LogP contribution in [0.15, 0.2) is 12.0 Å². The minimum atomic E-state index is -0.301. The molecule has 0 saturated carbocycles. The Kier molecular flexibility index (Phi) is 6.91. The number of epoxide rings is 1. The molecule has 2 unspecified atom stereocenters. The van der Waals surface area contributed by atoms with Crippen LogP contribution >= 0.6 is 21.6 Å². The number of rotatable bonds is 10. The molecule has 0 spiro atoms. The number of aliphatic hydroxyl groups excluding tert-OH is 1. The standard InChI is InChI=1S/C14H25NO3S2/c1-5-14(12(18-14)13(3,4)10-16)9-15-11(17)7-8-20-19-6-2/h6,12,16H,2,5,7-10H2,1,3-4H3,(H,15,17). The van der Waals surface area contributed by atoms with Crippen molar-refractivity contribution in [3.8, 4) is 0 Å². The second-order valence-corrected chi connectivity index (χ2v) is 8.13. The highest BCUT2D eigenvalue weighted by Crippen LogP contribution is 2.49. The van der Waals surface area contributed by atoms with Crippen molar-refractivity contribution < 1.29 is 14.6 Å². The fourth-order valence-corrected chi connectivity index (χ4v) is 3.54. The van der Waals surface area contributed by atoms with Crippen molar-refractivity contribution in [2.75, 3.05) is 18.9 Å². The van der Waals surface area contributed by atoms with Crippen molar-refractivity contribution in [1.29, 1.82) is 0 Å². The van der Waals surface area contributed by atoms with E-state index in [0.717, 1.165) is 12.2 Å². The van der Waals surface area contributed by atoms with Gasteiger partial charge in [0.15, 0.2) is 0 Å². The van der Waals surface area contributed by atoms with Gasteiger partial charge in [-0.1, -0.05) is 48.9 Å². The van der Waals surface area contributed by atoms with Crippen LogP contribution in [0.3, 0.4) is 0 Å². The van der Waals surface area contributed by atoms with Gasteiger partial charge in [0.2, 0.25) is 5.91 Å². The van der Waals surface area contributed by atoms with Crippen molar-refractivity contribution in [1.82, 2.24) is 5.32 Å². The lowest BCUT2D eigenvalue weighted by molar-refractivity contribution is -0.120. The molecule has 1 fully saturated rings. The Labute approximate surface area is 129 Å². The van der Waals surface area contributed by atoms with Crippen LogP contribution in [0.2, 0.25) is 0 Å². The molecule has 1 aliphatic rings. The van der Waals surface area contributed by atoms with Crippen molar-refractivity contribution >= 4 is 27.5 Å². The molecule has 1 aliphatic heterocycles. The molecule has 0 bridgehead atoms. The Morgan fingerprint density at radius 1 is 1.60 bits per heavy atom. The number of nitrogens with one attached hydrogen (secondary N) is 1. The summed E-state index contributed by atoms with van der Waals surface area (Å²) < 4.78 is 5.81. The average Bonchev–Trinajstić information content (AvgIpc) is 3.18. The van der Waals surface area contributed by atoms with Crippen LogP contribution in [0.1, 0.15) is 33.6 Å². The van der Waals surface area contributed by atoms with Crippen LogP contribution in [-0.4, -0.2) is 41.6 Å². The van der Waals surface area contributed by atoms with E-state index in [1.807, 2.05) is 13.8 Å². The van der Waals surface area contributed by atoms with Gasteiger partial charge in [-0.15, -0.1) is 0 Å². The molecule has 20 heavy (non-hydrogen) atoms. The summed E-state index contributed by atoms with van der Waals surface area (Å²) in [6, 6.07) is 0. The second kappa shape index (κ2) is 7.73. The minimum absolute atomic E-state index is 0.0102. The molecule has 0 radical (unpaired) electrons. The van der Waals surface area contributed by atoms with Crippen molar-refractivity contribution in [2.24, 2.45) is 5.41 Å². The Morgan fingerprint density at radius 3 is 2.85 bits per heavy atom. The van der Waals surface area contributed by atoms with Crippen LogP contribution in [-0.2, 0) is 9.53 Å². The van der Waals surface area contributed by atoms with Gasteiger partial charge < -0.3 is 15.2 Å². The van der Waals surface area contributed by atoms with E-state index in [1.165, 1.54) is 0 Å². The molecule has 2 atom stereocenters. The third-order valence-corrected chi connectivity index (χ3v) is 5.58. The summed E-state index contributed by atoms with van der Waals surface area (Å²) in [6.45, 7) is 10.2. The largest absolute Gasteiger partial charge is 0.396 e. The minimum Gasteiger partial charge on any atom is -0.396 e. The lowest BCUT2D eigenvalue weighted by Crippen LogP contribution is -2.39. The van der Waals surface area contributed by atoms with Gasteiger partial charge in [-0.25, -0.2) is 0 Å². The number of carbonyl (C=O) groups is 1. The van der Waals surface area contributed by atoms with Crippen LogP contribution in [0, 0.1) is 5.41 Å². The molecule has 0 aromatic rings. The molecule has 116 valence electrons. The molecular weight excluding hydrogens is 294 g/mol.